The number of nitrogens with zero attached hydrogens (tertiary/aromatic N) is 1. The second kappa shape index (κ2) is 9.19. The highest BCUT2D eigenvalue weighted by molar-refractivity contribution is 8.27. The molecule has 0 N–H and O–H groups in total. The van der Waals surface area contributed by atoms with Crippen molar-refractivity contribution in [1.29, 1.82) is 0 Å². The molecular formula is C21H19NO6S2. The van der Waals surface area contributed by atoms with Gasteiger partial charge >= 0.3 is 5.97 Å². The minimum atomic E-state index is -0.500. The molecule has 1 fully saturated rings. The lowest BCUT2D eigenvalue weighted by Crippen LogP contribution is -2.27. The summed E-state index contributed by atoms with van der Waals surface area (Å²) in [5.74, 6) is 0.738. The van der Waals surface area contributed by atoms with Crippen molar-refractivity contribution in [3.05, 3.63) is 46.9 Å². The standard InChI is InChI=1S/C21H19NO6S2/c1-12(23)28-19-16(26-3)9-13(10-17(19)27-4)11-18-20(24)22(21(29)30-18)14-5-7-15(25-2)8-6-14/h5-11H,1-4H3. The second-order valence-corrected chi connectivity index (χ2v) is 7.74. The van der Waals surface area contributed by atoms with Gasteiger partial charge in [0, 0.05) is 6.92 Å². The molecule has 1 heterocycles. The zero-order valence-electron chi connectivity index (χ0n) is 16.8. The topological polar surface area (TPSA) is 74.3 Å². The average molecular weight is 446 g/mol. The van der Waals surface area contributed by atoms with Crippen LogP contribution in [0.3, 0.4) is 0 Å². The van der Waals surface area contributed by atoms with Crippen LogP contribution in [-0.4, -0.2) is 37.5 Å². The van der Waals surface area contributed by atoms with Crippen molar-refractivity contribution in [2.45, 2.75) is 6.92 Å². The molecule has 2 aromatic carbocycles. The number of ether oxygens (including phenoxy) is 4. The van der Waals surface area contributed by atoms with Gasteiger partial charge in [0.05, 0.1) is 31.9 Å². The largest absolute Gasteiger partial charge is 0.497 e. The van der Waals surface area contributed by atoms with E-state index in [0.717, 1.165) is 0 Å². The summed E-state index contributed by atoms with van der Waals surface area (Å²) in [6, 6.07) is 10.4. The van der Waals surface area contributed by atoms with Gasteiger partial charge in [0.25, 0.3) is 5.91 Å². The third-order valence-electron chi connectivity index (χ3n) is 4.15. The predicted octanol–water partition coefficient (Wildman–Crippen LogP) is 4.04. The highest BCUT2D eigenvalue weighted by atomic mass is 32.2. The van der Waals surface area contributed by atoms with Crippen LogP contribution in [0, 0.1) is 0 Å². The van der Waals surface area contributed by atoms with Crippen LogP contribution < -0.4 is 23.8 Å². The van der Waals surface area contributed by atoms with Crippen molar-refractivity contribution in [1.82, 2.24) is 0 Å². The molecule has 2 aromatic rings. The van der Waals surface area contributed by atoms with Crippen LogP contribution in [-0.2, 0) is 9.59 Å². The van der Waals surface area contributed by atoms with E-state index in [1.807, 2.05) is 0 Å². The molecule has 0 spiro atoms. The Morgan fingerprint density at radius 3 is 2.13 bits per heavy atom. The molecular weight excluding hydrogens is 426 g/mol. The molecule has 0 bridgehead atoms. The minimum absolute atomic E-state index is 0.176. The Bertz CT molecular complexity index is 1010. The SMILES string of the molecule is COc1ccc(N2C(=O)C(=Cc3cc(OC)c(OC(C)=O)c(OC)c3)SC2=S)cc1. The van der Waals surface area contributed by atoms with Gasteiger partial charge in [0.15, 0.2) is 15.8 Å². The summed E-state index contributed by atoms with van der Waals surface area (Å²) in [4.78, 5) is 26.3. The van der Waals surface area contributed by atoms with Gasteiger partial charge in [0.1, 0.15) is 5.75 Å². The highest BCUT2D eigenvalue weighted by Gasteiger charge is 2.33. The summed E-state index contributed by atoms with van der Waals surface area (Å²) < 4.78 is 21.4. The van der Waals surface area contributed by atoms with Crippen molar-refractivity contribution in [2.75, 3.05) is 26.2 Å². The van der Waals surface area contributed by atoms with E-state index < -0.39 is 5.97 Å². The van der Waals surface area contributed by atoms with Gasteiger partial charge in [-0.15, -0.1) is 0 Å². The Morgan fingerprint density at radius 1 is 1.03 bits per heavy atom. The fraction of sp³-hybridized carbons (Fsp3) is 0.190. The Morgan fingerprint density at radius 2 is 1.63 bits per heavy atom. The summed E-state index contributed by atoms with van der Waals surface area (Å²) in [5.41, 5.74) is 1.29. The number of benzene rings is 2. The summed E-state index contributed by atoms with van der Waals surface area (Å²) in [6.45, 7) is 1.29. The quantitative estimate of drug-likeness (QED) is 0.285. The van der Waals surface area contributed by atoms with Crippen LogP contribution in [0.25, 0.3) is 6.08 Å². The van der Waals surface area contributed by atoms with Crippen LogP contribution in [0.5, 0.6) is 23.0 Å². The number of anilines is 1. The van der Waals surface area contributed by atoms with Gasteiger partial charge in [-0.05, 0) is 48.0 Å². The number of amides is 1. The number of rotatable bonds is 6. The van der Waals surface area contributed by atoms with Crippen molar-refractivity contribution in [3.63, 3.8) is 0 Å². The van der Waals surface area contributed by atoms with E-state index in [0.29, 0.717) is 37.7 Å². The van der Waals surface area contributed by atoms with Crippen LogP contribution in [0.2, 0.25) is 0 Å². The van der Waals surface area contributed by atoms with E-state index in [2.05, 4.69) is 0 Å². The molecule has 0 atom stereocenters. The number of esters is 1. The van der Waals surface area contributed by atoms with Crippen molar-refractivity contribution in [3.8, 4) is 23.0 Å². The molecule has 1 amide bonds. The number of hydrogen-bond donors (Lipinski definition) is 0. The summed E-state index contributed by atoms with van der Waals surface area (Å²) in [5, 5.41) is 0. The van der Waals surface area contributed by atoms with E-state index in [4.69, 9.17) is 31.2 Å². The lowest BCUT2D eigenvalue weighted by Gasteiger charge is -2.15. The Balaban J connectivity index is 1.95. The molecule has 0 radical (unpaired) electrons. The van der Waals surface area contributed by atoms with Crippen LogP contribution in [0.15, 0.2) is 41.3 Å². The maximum Gasteiger partial charge on any atom is 0.308 e. The third kappa shape index (κ3) is 4.42. The molecule has 3 rings (SSSR count). The first-order valence-electron chi connectivity index (χ1n) is 8.74. The lowest BCUT2D eigenvalue weighted by molar-refractivity contribution is -0.132. The van der Waals surface area contributed by atoms with Crippen LogP contribution in [0.1, 0.15) is 12.5 Å². The van der Waals surface area contributed by atoms with Gasteiger partial charge in [-0.2, -0.15) is 0 Å². The zero-order chi connectivity index (χ0) is 21.8. The van der Waals surface area contributed by atoms with Gasteiger partial charge < -0.3 is 18.9 Å². The molecule has 0 saturated carbocycles. The predicted molar refractivity (Wildman–Crippen MR) is 120 cm³/mol. The van der Waals surface area contributed by atoms with Gasteiger partial charge in [-0.1, -0.05) is 24.0 Å². The molecule has 7 nitrogen and oxygen atoms in total. The minimum Gasteiger partial charge on any atom is -0.497 e. The van der Waals surface area contributed by atoms with Gasteiger partial charge in [-0.3, -0.25) is 14.5 Å². The average Bonchev–Trinajstić information content (AvgIpc) is 3.01. The molecule has 156 valence electrons. The summed E-state index contributed by atoms with van der Waals surface area (Å²) in [6.07, 6.45) is 1.69. The zero-order valence-corrected chi connectivity index (χ0v) is 18.4. The van der Waals surface area contributed by atoms with E-state index in [9.17, 15) is 9.59 Å². The Labute approximate surface area is 183 Å². The van der Waals surface area contributed by atoms with E-state index >= 15 is 0 Å². The van der Waals surface area contributed by atoms with Crippen molar-refractivity contribution < 1.29 is 28.5 Å². The molecule has 1 saturated heterocycles. The normalized spacial score (nSPS) is 14.8. The van der Waals surface area contributed by atoms with Crippen molar-refractivity contribution in [2.24, 2.45) is 0 Å². The van der Waals surface area contributed by atoms with E-state index in [-0.39, 0.29) is 11.7 Å². The molecule has 1 aliphatic heterocycles. The third-order valence-corrected chi connectivity index (χ3v) is 5.45. The van der Waals surface area contributed by atoms with Crippen LogP contribution in [0.4, 0.5) is 5.69 Å². The fourth-order valence-corrected chi connectivity index (χ4v) is 4.10. The first-order valence-corrected chi connectivity index (χ1v) is 9.96. The molecule has 30 heavy (non-hydrogen) atoms. The molecule has 0 aliphatic carbocycles. The number of carbonyl (C=O) groups excluding carboxylic acids is 2. The summed E-state index contributed by atoms with van der Waals surface area (Å²) >= 11 is 6.60. The summed E-state index contributed by atoms with van der Waals surface area (Å²) in [7, 11) is 4.48. The lowest BCUT2D eigenvalue weighted by atomic mass is 10.1. The second-order valence-electron chi connectivity index (χ2n) is 6.06. The number of thioether (sulfide) groups is 1. The monoisotopic (exact) mass is 445 g/mol. The smallest absolute Gasteiger partial charge is 0.308 e. The maximum absolute atomic E-state index is 13.0. The number of thiocarbonyl (C=S) groups is 1. The van der Waals surface area contributed by atoms with E-state index in [1.54, 1.807) is 49.6 Å². The highest BCUT2D eigenvalue weighted by Crippen LogP contribution is 2.41. The number of hydrogen-bond acceptors (Lipinski definition) is 8. The Hall–Kier alpha value is -3.04. The van der Waals surface area contributed by atoms with E-state index in [1.165, 1.54) is 37.8 Å². The van der Waals surface area contributed by atoms with Gasteiger partial charge in [-0.25, -0.2) is 0 Å². The molecule has 9 heteroatoms. The first kappa shape index (κ1) is 21.7. The molecule has 0 aromatic heterocycles. The molecule has 1 aliphatic rings. The van der Waals surface area contributed by atoms with Crippen molar-refractivity contribution >= 4 is 51.9 Å². The maximum atomic E-state index is 13.0. The first-order chi connectivity index (χ1) is 14.4. The molecule has 0 unspecified atom stereocenters. The fourth-order valence-electron chi connectivity index (χ4n) is 2.80. The Kier molecular flexibility index (Phi) is 6.63. The van der Waals surface area contributed by atoms with Crippen LogP contribution >= 0.6 is 24.0 Å². The van der Waals surface area contributed by atoms with Gasteiger partial charge in [0.2, 0.25) is 5.75 Å². The number of methoxy groups -OCH3 is 3. The number of carbonyl (C=O) groups is 2.